The summed E-state index contributed by atoms with van der Waals surface area (Å²) in [6.45, 7) is 3.81. The lowest BCUT2D eigenvalue weighted by molar-refractivity contribution is 0.153. The van der Waals surface area contributed by atoms with Crippen LogP contribution in [-0.4, -0.2) is 55.5 Å². The van der Waals surface area contributed by atoms with Gasteiger partial charge in [-0.3, -0.25) is 4.90 Å². The molecule has 0 aromatic heterocycles. The summed E-state index contributed by atoms with van der Waals surface area (Å²) in [6.07, 6.45) is 0. The zero-order valence-corrected chi connectivity index (χ0v) is 19.2. The number of hydrogen-bond acceptors (Lipinski definition) is 5. The monoisotopic (exact) mass is 470 g/mol. The van der Waals surface area contributed by atoms with E-state index in [9.17, 15) is 17.9 Å². The van der Waals surface area contributed by atoms with E-state index in [-0.39, 0.29) is 29.8 Å². The molecule has 0 saturated carbocycles. The molecule has 4 rings (SSSR count). The average molecular weight is 471 g/mol. The third-order valence-electron chi connectivity index (χ3n) is 5.83. The van der Waals surface area contributed by atoms with Gasteiger partial charge < -0.3 is 9.84 Å². The maximum Gasteiger partial charge on any atom is 0.243 e. The van der Waals surface area contributed by atoms with Gasteiger partial charge in [-0.05, 0) is 42.8 Å². The van der Waals surface area contributed by atoms with Crippen molar-refractivity contribution in [3.8, 4) is 11.5 Å². The zero-order chi connectivity index (χ0) is 23.4. The van der Waals surface area contributed by atoms with E-state index in [1.165, 1.54) is 16.4 Å². The van der Waals surface area contributed by atoms with Crippen LogP contribution >= 0.6 is 0 Å². The highest BCUT2D eigenvalue weighted by Gasteiger charge is 2.33. The van der Waals surface area contributed by atoms with Gasteiger partial charge in [0.15, 0.2) is 11.5 Å². The molecule has 1 aliphatic heterocycles. The van der Waals surface area contributed by atoms with Crippen molar-refractivity contribution < 1.29 is 22.7 Å². The minimum Gasteiger partial charge on any atom is -0.504 e. The zero-order valence-electron chi connectivity index (χ0n) is 18.4. The lowest BCUT2D eigenvalue weighted by atomic mass is 9.95. The molecule has 6 nitrogen and oxygen atoms in total. The second-order valence-corrected chi connectivity index (χ2v) is 9.77. The van der Waals surface area contributed by atoms with Gasteiger partial charge in [-0.25, -0.2) is 12.8 Å². The summed E-state index contributed by atoms with van der Waals surface area (Å²) in [7, 11) is -3.71. The molecule has 0 radical (unpaired) electrons. The molecule has 3 aromatic carbocycles. The fourth-order valence-corrected chi connectivity index (χ4v) is 5.63. The second kappa shape index (κ2) is 9.91. The van der Waals surface area contributed by atoms with Crippen LogP contribution in [0.25, 0.3) is 0 Å². The van der Waals surface area contributed by atoms with Crippen LogP contribution in [0.2, 0.25) is 0 Å². The van der Waals surface area contributed by atoms with Crippen molar-refractivity contribution in [3.05, 3.63) is 89.7 Å². The van der Waals surface area contributed by atoms with Crippen LogP contribution in [0.3, 0.4) is 0 Å². The fourth-order valence-electron chi connectivity index (χ4n) is 4.21. The molecular weight excluding hydrogens is 443 g/mol. The van der Waals surface area contributed by atoms with E-state index in [0.29, 0.717) is 31.0 Å². The molecule has 1 saturated heterocycles. The number of phenols is 1. The molecule has 174 valence electrons. The fraction of sp³-hybridized carbons (Fsp3) is 0.280. The number of benzene rings is 3. The van der Waals surface area contributed by atoms with Crippen LogP contribution < -0.4 is 4.74 Å². The molecule has 33 heavy (non-hydrogen) atoms. The molecule has 1 heterocycles. The Labute approximate surface area is 193 Å². The molecule has 0 aliphatic carbocycles. The third kappa shape index (κ3) is 4.88. The Morgan fingerprint density at radius 1 is 0.939 bits per heavy atom. The Morgan fingerprint density at radius 2 is 1.61 bits per heavy atom. The minimum atomic E-state index is -3.71. The summed E-state index contributed by atoms with van der Waals surface area (Å²) in [5.74, 6) is 0.0431. The van der Waals surface area contributed by atoms with Crippen LogP contribution in [-0.2, 0) is 10.0 Å². The predicted molar refractivity (Wildman–Crippen MR) is 124 cm³/mol. The Balaban J connectivity index is 1.61. The molecule has 8 heteroatoms. The number of ether oxygens (including phenoxy) is 1. The van der Waals surface area contributed by atoms with Crippen molar-refractivity contribution >= 4 is 10.0 Å². The van der Waals surface area contributed by atoms with E-state index >= 15 is 0 Å². The highest BCUT2D eigenvalue weighted by atomic mass is 32.2. The third-order valence-corrected chi connectivity index (χ3v) is 7.74. The molecule has 0 spiro atoms. The lowest BCUT2D eigenvalue weighted by Gasteiger charge is -2.39. The number of rotatable bonds is 7. The summed E-state index contributed by atoms with van der Waals surface area (Å²) in [6, 6.07) is 19.9. The highest BCUT2D eigenvalue weighted by molar-refractivity contribution is 7.89. The van der Waals surface area contributed by atoms with E-state index in [4.69, 9.17) is 4.74 Å². The first kappa shape index (κ1) is 23.2. The summed E-state index contributed by atoms with van der Waals surface area (Å²) in [5, 5.41) is 10.9. The van der Waals surface area contributed by atoms with E-state index in [1.54, 1.807) is 6.07 Å². The van der Waals surface area contributed by atoms with Crippen molar-refractivity contribution in [3.63, 3.8) is 0 Å². The largest absolute Gasteiger partial charge is 0.504 e. The van der Waals surface area contributed by atoms with Gasteiger partial charge in [0.25, 0.3) is 0 Å². The number of phenolic OH excluding ortho intramolecular Hbond substituents is 1. The van der Waals surface area contributed by atoms with Gasteiger partial charge in [-0.2, -0.15) is 4.31 Å². The molecule has 1 N–H and O–H groups in total. The lowest BCUT2D eigenvalue weighted by Crippen LogP contribution is -2.49. The number of sulfonamides is 1. The predicted octanol–water partition coefficient (Wildman–Crippen LogP) is 4.03. The molecule has 0 bridgehead atoms. The Bertz CT molecular complexity index is 1180. The van der Waals surface area contributed by atoms with E-state index < -0.39 is 15.8 Å². The number of halogens is 1. The van der Waals surface area contributed by atoms with E-state index in [1.807, 2.05) is 49.4 Å². The number of piperazine rings is 1. The number of para-hydroxylation sites is 1. The molecule has 1 fully saturated rings. The standard InChI is InChI=1S/C25H27FN2O4S/c1-2-32-23-10-6-9-22(25(23)29)24(19-7-4-3-5-8-19)27-15-17-28(18-16-27)33(30,31)21-13-11-20(26)12-14-21/h3-14,24,29H,2,15-18H2,1H3. The van der Waals surface area contributed by atoms with E-state index in [0.717, 1.165) is 17.7 Å². The normalized spacial score (nSPS) is 16.4. The van der Waals surface area contributed by atoms with Crippen LogP contribution in [0.1, 0.15) is 24.1 Å². The van der Waals surface area contributed by atoms with E-state index in [2.05, 4.69) is 4.90 Å². The van der Waals surface area contributed by atoms with Gasteiger partial charge in [0, 0.05) is 31.7 Å². The topological polar surface area (TPSA) is 70.1 Å². The number of nitrogens with zero attached hydrogens (tertiary/aromatic N) is 2. The smallest absolute Gasteiger partial charge is 0.243 e. The van der Waals surface area contributed by atoms with Crippen molar-refractivity contribution in [1.29, 1.82) is 0 Å². The SMILES string of the molecule is CCOc1cccc(C(c2ccccc2)N2CCN(S(=O)(=O)c3ccc(F)cc3)CC2)c1O. The molecule has 1 atom stereocenters. The Kier molecular flexibility index (Phi) is 6.97. The molecule has 1 unspecified atom stereocenters. The highest BCUT2D eigenvalue weighted by Crippen LogP contribution is 2.40. The van der Waals surface area contributed by atoms with Crippen LogP contribution in [0.4, 0.5) is 4.39 Å². The first-order valence-corrected chi connectivity index (χ1v) is 12.3. The molecule has 0 amide bonds. The van der Waals surface area contributed by atoms with Crippen molar-refractivity contribution in [2.75, 3.05) is 32.8 Å². The molecule has 1 aliphatic rings. The summed E-state index contributed by atoms with van der Waals surface area (Å²) < 4.78 is 46.3. The van der Waals surface area contributed by atoms with Crippen LogP contribution in [0.5, 0.6) is 11.5 Å². The van der Waals surface area contributed by atoms with Gasteiger partial charge in [-0.15, -0.1) is 0 Å². The number of hydrogen-bond donors (Lipinski definition) is 1. The van der Waals surface area contributed by atoms with Gasteiger partial charge >= 0.3 is 0 Å². The summed E-state index contributed by atoms with van der Waals surface area (Å²) >= 11 is 0. The van der Waals surface area contributed by atoms with Gasteiger partial charge in [0.2, 0.25) is 10.0 Å². The maximum atomic E-state index is 13.2. The number of aromatic hydroxyl groups is 1. The summed E-state index contributed by atoms with van der Waals surface area (Å²) in [4.78, 5) is 2.25. The van der Waals surface area contributed by atoms with Gasteiger partial charge in [-0.1, -0.05) is 42.5 Å². The van der Waals surface area contributed by atoms with Crippen molar-refractivity contribution in [2.45, 2.75) is 17.9 Å². The van der Waals surface area contributed by atoms with Crippen LogP contribution in [0.15, 0.2) is 77.7 Å². The van der Waals surface area contributed by atoms with Gasteiger partial charge in [0.05, 0.1) is 17.5 Å². The summed E-state index contributed by atoms with van der Waals surface area (Å²) in [5.41, 5.74) is 1.71. The molecule has 3 aromatic rings. The van der Waals surface area contributed by atoms with Crippen LogP contribution in [0, 0.1) is 5.82 Å². The molecular formula is C25H27FN2O4S. The second-order valence-electron chi connectivity index (χ2n) is 7.83. The minimum absolute atomic E-state index is 0.0824. The first-order chi connectivity index (χ1) is 15.9. The average Bonchev–Trinajstić information content (AvgIpc) is 2.83. The Hall–Kier alpha value is -2.94. The van der Waals surface area contributed by atoms with Crippen molar-refractivity contribution in [1.82, 2.24) is 9.21 Å². The maximum absolute atomic E-state index is 13.2. The Morgan fingerprint density at radius 3 is 2.24 bits per heavy atom. The van der Waals surface area contributed by atoms with Gasteiger partial charge in [0.1, 0.15) is 5.82 Å². The quantitative estimate of drug-likeness (QED) is 0.565. The van der Waals surface area contributed by atoms with Crippen molar-refractivity contribution in [2.24, 2.45) is 0 Å². The first-order valence-electron chi connectivity index (χ1n) is 10.9.